The Labute approximate surface area is 164 Å². The number of anilines is 1. The van der Waals surface area contributed by atoms with Gasteiger partial charge >= 0.3 is 0 Å². The van der Waals surface area contributed by atoms with E-state index in [-0.39, 0.29) is 28.2 Å². The zero-order chi connectivity index (χ0) is 20.0. The van der Waals surface area contributed by atoms with Gasteiger partial charge in [-0.1, -0.05) is 36.2 Å². The molecule has 0 aliphatic rings. The van der Waals surface area contributed by atoms with E-state index >= 15 is 0 Å². The molecule has 0 aliphatic carbocycles. The first-order chi connectivity index (χ1) is 12.7. The molecule has 0 aliphatic heterocycles. The Kier molecular flexibility index (Phi) is 7.24. The van der Waals surface area contributed by atoms with Gasteiger partial charge in [0.1, 0.15) is 5.75 Å². The average molecular weight is 411 g/mol. The van der Waals surface area contributed by atoms with Crippen molar-refractivity contribution in [3.63, 3.8) is 0 Å². The zero-order valence-corrected chi connectivity index (χ0v) is 17.1. The van der Waals surface area contributed by atoms with E-state index in [1.165, 1.54) is 18.2 Å². The highest BCUT2D eigenvalue weighted by atomic mass is 35.5. The number of rotatable bonds is 8. The standard InChI is InChI=1S/C19H23ClN2O4S/c1-4-9-21-27(24,25)15-6-8-18(16(20)11-15)26-12-19(23)22-17-7-5-13(2)10-14(17)3/h5-8,10-11,21H,4,9,12H2,1-3H3,(H,22,23). The number of carbonyl (C=O) groups excluding carboxylic acids is 1. The van der Waals surface area contributed by atoms with Crippen LogP contribution in [0.2, 0.25) is 5.02 Å². The van der Waals surface area contributed by atoms with E-state index < -0.39 is 10.0 Å². The third-order valence-corrected chi connectivity index (χ3v) is 5.52. The predicted octanol–water partition coefficient (Wildman–Crippen LogP) is 3.66. The van der Waals surface area contributed by atoms with Crippen LogP contribution in [-0.2, 0) is 14.8 Å². The maximum Gasteiger partial charge on any atom is 0.262 e. The van der Waals surface area contributed by atoms with Crippen molar-refractivity contribution in [1.82, 2.24) is 4.72 Å². The lowest BCUT2D eigenvalue weighted by Gasteiger charge is -2.12. The van der Waals surface area contributed by atoms with Crippen molar-refractivity contribution in [1.29, 1.82) is 0 Å². The quantitative estimate of drug-likeness (QED) is 0.695. The molecule has 27 heavy (non-hydrogen) atoms. The van der Waals surface area contributed by atoms with E-state index in [9.17, 15) is 13.2 Å². The summed E-state index contributed by atoms with van der Waals surface area (Å²) in [6, 6.07) is 9.84. The second kappa shape index (κ2) is 9.21. The number of amides is 1. The van der Waals surface area contributed by atoms with Crippen LogP contribution in [-0.4, -0.2) is 27.5 Å². The zero-order valence-electron chi connectivity index (χ0n) is 15.5. The molecule has 1 amide bonds. The first kappa shape index (κ1) is 21.2. The molecule has 0 unspecified atom stereocenters. The normalized spacial score (nSPS) is 11.3. The molecule has 2 aromatic rings. The van der Waals surface area contributed by atoms with Gasteiger partial charge in [0.15, 0.2) is 6.61 Å². The van der Waals surface area contributed by atoms with Crippen LogP contribution in [0.5, 0.6) is 5.75 Å². The molecule has 0 radical (unpaired) electrons. The van der Waals surface area contributed by atoms with E-state index in [1.54, 1.807) is 0 Å². The van der Waals surface area contributed by atoms with E-state index in [1.807, 2.05) is 39.0 Å². The summed E-state index contributed by atoms with van der Waals surface area (Å²) in [5, 5.41) is 2.89. The number of halogens is 1. The lowest BCUT2D eigenvalue weighted by atomic mass is 10.1. The smallest absolute Gasteiger partial charge is 0.262 e. The van der Waals surface area contributed by atoms with Crippen LogP contribution in [0.4, 0.5) is 5.69 Å². The highest BCUT2D eigenvalue weighted by Crippen LogP contribution is 2.27. The molecule has 2 rings (SSSR count). The molecule has 2 N–H and O–H groups in total. The van der Waals surface area contributed by atoms with Crippen LogP contribution in [0.3, 0.4) is 0 Å². The molecule has 2 aromatic carbocycles. The Balaban J connectivity index is 2.00. The lowest BCUT2D eigenvalue weighted by Crippen LogP contribution is -2.24. The topological polar surface area (TPSA) is 84.5 Å². The monoisotopic (exact) mass is 410 g/mol. The molecule has 0 heterocycles. The summed E-state index contributed by atoms with van der Waals surface area (Å²) < 4.78 is 32.1. The highest BCUT2D eigenvalue weighted by Gasteiger charge is 2.16. The fraction of sp³-hybridized carbons (Fsp3) is 0.316. The predicted molar refractivity (Wildman–Crippen MR) is 107 cm³/mol. The average Bonchev–Trinajstić information content (AvgIpc) is 2.61. The Morgan fingerprint density at radius 1 is 1.15 bits per heavy atom. The summed E-state index contributed by atoms with van der Waals surface area (Å²) in [5.41, 5.74) is 2.77. The van der Waals surface area contributed by atoms with Crippen molar-refractivity contribution in [3.8, 4) is 5.75 Å². The fourth-order valence-corrected chi connectivity index (χ4v) is 3.83. The number of ether oxygens (including phenoxy) is 1. The lowest BCUT2D eigenvalue weighted by molar-refractivity contribution is -0.118. The van der Waals surface area contributed by atoms with Crippen LogP contribution >= 0.6 is 11.6 Å². The summed E-state index contributed by atoms with van der Waals surface area (Å²) >= 11 is 6.11. The molecule has 0 aromatic heterocycles. The number of benzene rings is 2. The Morgan fingerprint density at radius 3 is 2.52 bits per heavy atom. The van der Waals surface area contributed by atoms with E-state index in [0.717, 1.165) is 11.1 Å². The van der Waals surface area contributed by atoms with Gasteiger partial charge in [-0.3, -0.25) is 4.79 Å². The van der Waals surface area contributed by atoms with Gasteiger partial charge < -0.3 is 10.1 Å². The summed E-state index contributed by atoms with van der Waals surface area (Å²) in [7, 11) is -3.61. The van der Waals surface area contributed by atoms with Gasteiger partial charge in [-0.25, -0.2) is 13.1 Å². The van der Waals surface area contributed by atoms with E-state index in [0.29, 0.717) is 18.7 Å². The number of hydrogen-bond donors (Lipinski definition) is 2. The Hall–Kier alpha value is -2.09. The number of hydrogen-bond acceptors (Lipinski definition) is 4. The van der Waals surface area contributed by atoms with Gasteiger partial charge in [0, 0.05) is 12.2 Å². The van der Waals surface area contributed by atoms with E-state index in [2.05, 4.69) is 10.0 Å². The van der Waals surface area contributed by atoms with E-state index in [4.69, 9.17) is 16.3 Å². The maximum absolute atomic E-state index is 12.1. The maximum atomic E-state index is 12.1. The minimum absolute atomic E-state index is 0.0491. The first-order valence-electron chi connectivity index (χ1n) is 8.52. The van der Waals surface area contributed by atoms with Gasteiger partial charge in [0.25, 0.3) is 5.91 Å². The summed E-state index contributed by atoms with van der Waals surface area (Å²) in [5.74, 6) is -0.0961. The van der Waals surface area contributed by atoms with Crippen LogP contribution in [0.15, 0.2) is 41.3 Å². The van der Waals surface area contributed by atoms with Gasteiger partial charge in [0.05, 0.1) is 9.92 Å². The van der Waals surface area contributed by atoms with Crippen LogP contribution < -0.4 is 14.8 Å². The second-order valence-electron chi connectivity index (χ2n) is 6.15. The molecular weight excluding hydrogens is 388 g/mol. The van der Waals surface area contributed by atoms with Crippen molar-refractivity contribution < 1.29 is 17.9 Å². The summed E-state index contributed by atoms with van der Waals surface area (Å²) in [4.78, 5) is 12.1. The molecule has 0 saturated heterocycles. The van der Waals surface area contributed by atoms with Gasteiger partial charge in [-0.15, -0.1) is 0 Å². The Morgan fingerprint density at radius 2 is 1.89 bits per heavy atom. The third kappa shape index (κ3) is 5.95. The summed E-state index contributed by atoms with van der Waals surface area (Å²) in [6.45, 7) is 5.86. The highest BCUT2D eigenvalue weighted by molar-refractivity contribution is 7.89. The SMILES string of the molecule is CCCNS(=O)(=O)c1ccc(OCC(=O)Nc2ccc(C)cc2C)c(Cl)c1. The van der Waals surface area contributed by atoms with Crippen molar-refractivity contribution in [2.24, 2.45) is 0 Å². The Bertz CT molecular complexity index is 929. The van der Waals surface area contributed by atoms with Gasteiger partial charge in [-0.05, 0) is 50.1 Å². The van der Waals surface area contributed by atoms with Crippen molar-refractivity contribution >= 4 is 33.2 Å². The minimum Gasteiger partial charge on any atom is -0.482 e. The largest absolute Gasteiger partial charge is 0.482 e. The third-order valence-electron chi connectivity index (χ3n) is 3.77. The first-order valence-corrected chi connectivity index (χ1v) is 10.4. The molecule has 8 heteroatoms. The molecule has 0 bridgehead atoms. The number of nitrogens with one attached hydrogen (secondary N) is 2. The van der Waals surface area contributed by atoms with Crippen molar-refractivity contribution in [2.45, 2.75) is 32.1 Å². The van der Waals surface area contributed by atoms with Crippen molar-refractivity contribution in [2.75, 3.05) is 18.5 Å². The second-order valence-corrected chi connectivity index (χ2v) is 8.32. The van der Waals surface area contributed by atoms with Gasteiger partial charge in [-0.2, -0.15) is 0 Å². The number of aryl methyl sites for hydroxylation is 2. The minimum atomic E-state index is -3.61. The molecule has 146 valence electrons. The number of sulfonamides is 1. The van der Waals surface area contributed by atoms with Crippen LogP contribution in [0.25, 0.3) is 0 Å². The molecule has 0 spiro atoms. The molecule has 0 fully saturated rings. The van der Waals surface area contributed by atoms with Crippen LogP contribution in [0.1, 0.15) is 24.5 Å². The molecule has 0 saturated carbocycles. The molecular formula is C19H23ClN2O4S. The molecule has 6 nitrogen and oxygen atoms in total. The fourth-order valence-electron chi connectivity index (χ4n) is 2.37. The van der Waals surface area contributed by atoms with Gasteiger partial charge in [0.2, 0.25) is 10.0 Å². The summed E-state index contributed by atoms with van der Waals surface area (Å²) in [6.07, 6.45) is 0.684. The molecule has 0 atom stereocenters. The number of carbonyl (C=O) groups is 1. The van der Waals surface area contributed by atoms with Crippen LogP contribution in [0, 0.1) is 13.8 Å². The van der Waals surface area contributed by atoms with Crippen molar-refractivity contribution in [3.05, 3.63) is 52.5 Å².